The Balaban J connectivity index is 1.66. The van der Waals surface area contributed by atoms with Gasteiger partial charge in [-0.05, 0) is 19.1 Å². The smallest absolute Gasteiger partial charge is 0.195 e. The number of nitrogens with zero attached hydrogens (tertiary/aromatic N) is 3. The summed E-state index contributed by atoms with van der Waals surface area (Å²) < 4.78 is 2.05. The zero-order valence-electron chi connectivity index (χ0n) is 11.1. The summed E-state index contributed by atoms with van der Waals surface area (Å²) in [6.45, 7) is 2.96. The fourth-order valence-electron chi connectivity index (χ4n) is 2.22. The topological polar surface area (TPSA) is 42.2 Å². The summed E-state index contributed by atoms with van der Waals surface area (Å²) in [7, 11) is 0. The molecule has 3 heterocycles. The quantitative estimate of drug-likeness (QED) is 0.786. The first-order valence-corrected chi connectivity index (χ1v) is 7.75. The molecule has 3 aromatic heterocycles. The van der Waals surface area contributed by atoms with Gasteiger partial charge >= 0.3 is 0 Å². The molecule has 0 saturated carbocycles. The van der Waals surface area contributed by atoms with Crippen molar-refractivity contribution in [2.45, 2.75) is 19.4 Å². The number of thiazole rings is 1. The Morgan fingerprint density at radius 2 is 2.35 bits per heavy atom. The first-order chi connectivity index (χ1) is 9.75. The van der Waals surface area contributed by atoms with Gasteiger partial charge in [0.05, 0.1) is 5.69 Å². The normalized spacial score (nSPS) is 12.9. The van der Waals surface area contributed by atoms with Crippen LogP contribution in [-0.4, -0.2) is 20.9 Å². The molecule has 0 aliphatic heterocycles. The molecule has 0 aliphatic carbocycles. The van der Waals surface area contributed by atoms with Crippen LogP contribution in [0.2, 0.25) is 5.15 Å². The molecule has 104 valence electrons. The molecule has 0 fully saturated rings. The predicted octanol–water partition coefficient (Wildman–Crippen LogP) is 3.34. The number of rotatable bonds is 5. The molecular weight excluding hydrogens is 292 g/mol. The molecule has 20 heavy (non-hydrogen) atoms. The zero-order chi connectivity index (χ0) is 13.9. The molecule has 0 radical (unpaired) electrons. The van der Waals surface area contributed by atoms with Gasteiger partial charge in [0.1, 0.15) is 0 Å². The minimum Gasteiger partial charge on any atom is -0.308 e. The second kappa shape index (κ2) is 5.91. The van der Waals surface area contributed by atoms with Gasteiger partial charge in [-0.3, -0.25) is 9.38 Å². The lowest BCUT2D eigenvalue weighted by Crippen LogP contribution is -2.22. The van der Waals surface area contributed by atoms with Crippen LogP contribution < -0.4 is 5.32 Å². The van der Waals surface area contributed by atoms with E-state index in [9.17, 15) is 0 Å². The molecule has 0 aromatic carbocycles. The molecule has 0 aliphatic rings. The van der Waals surface area contributed by atoms with Gasteiger partial charge in [-0.2, -0.15) is 0 Å². The minimum atomic E-state index is 0.149. The Hall–Kier alpha value is -1.43. The van der Waals surface area contributed by atoms with Crippen molar-refractivity contribution in [3.63, 3.8) is 0 Å². The Morgan fingerprint density at radius 3 is 3.15 bits per heavy atom. The van der Waals surface area contributed by atoms with Crippen LogP contribution in [0.15, 0.2) is 36.0 Å². The first kappa shape index (κ1) is 13.5. The molecule has 4 nitrogen and oxygen atoms in total. The molecular formula is C14H15ClN4S. The van der Waals surface area contributed by atoms with E-state index in [-0.39, 0.29) is 6.04 Å². The predicted molar refractivity (Wildman–Crippen MR) is 82.4 cm³/mol. The Labute approximate surface area is 126 Å². The zero-order valence-corrected chi connectivity index (χ0v) is 12.7. The monoisotopic (exact) mass is 306 g/mol. The molecule has 1 atom stereocenters. The van der Waals surface area contributed by atoms with Crippen LogP contribution in [0.5, 0.6) is 0 Å². The summed E-state index contributed by atoms with van der Waals surface area (Å²) in [5, 5.41) is 6.07. The SMILES string of the molecule is C[C@@H](NCCc1ccccn1)c1c(Cl)nc2sccn12. The van der Waals surface area contributed by atoms with Gasteiger partial charge in [0.25, 0.3) is 0 Å². The van der Waals surface area contributed by atoms with E-state index in [0.717, 1.165) is 29.3 Å². The van der Waals surface area contributed by atoms with Crippen molar-refractivity contribution < 1.29 is 0 Å². The number of hydrogen-bond donors (Lipinski definition) is 1. The minimum absolute atomic E-state index is 0.149. The van der Waals surface area contributed by atoms with Gasteiger partial charge in [-0.25, -0.2) is 4.98 Å². The number of imidazole rings is 1. The summed E-state index contributed by atoms with van der Waals surface area (Å²) in [5.74, 6) is 0. The molecule has 6 heteroatoms. The molecule has 0 spiro atoms. The van der Waals surface area contributed by atoms with E-state index in [2.05, 4.69) is 22.2 Å². The third kappa shape index (κ3) is 2.70. The van der Waals surface area contributed by atoms with Crippen molar-refractivity contribution in [2.24, 2.45) is 0 Å². The van der Waals surface area contributed by atoms with E-state index in [1.807, 2.05) is 40.4 Å². The third-order valence-corrected chi connectivity index (χ3v) is 4.26. The van der Waals surface area contributed by atoms with Gasteiger partial charge in [0.2, 0.25) is 0 Å². The summed E-state index contributed by atoms with van der Waals surface area (Å²) in [5.41, 5.74) is 2.11. The maximum absolute atomic E-state index is 6.22. The van der Waals surface area contributed by atoms with Crippen molar-refractivity contribution in [1.29, 1.82) is 0 Å². The maximum Gasteiger partial charge on any atom is 0.195 e. The lowest BCUT2D eigenvalue weighted by Gasteiger charge is -2.13. The maximum atomic E-state index is 6.22. The summed E-state index contributed by atoms with van der Waals surface area (Å²) in [6.07, 6.45) is 4.72. The van der Waals surface area contributed by atoms with Crippen molar-refractivity contribution in [3.8, 4) is 0 Å². The second-order valence-electron chi connectivity index (χ2n) is 4.59. The highest BCUT2D eigenvalue weighted by atomic mass is 35.5. The molecule has 0 amide bonds. The number of fused-ring (bicyclic) bond motifs is 1. The lowest BCUT2D eigenvalue weighted by atomic mass is 10.2. The van der Waals surface area contributed by atoms with E-state index < -0.39 is 0 Å². The van der Waals surface area contributed by atoms with Gasteiger partial charge in [-0.1, -0.05) is 17.7 Å². The highest BCUT2D eigenvalue weighted by molar-refractivity contribution is 7.15. The van der Waals surface area contributed by atoms with Gasteiger partial charge in [-0.15, -0.1) is 11.3 Å². The summed E-state index contributed by atoms with van der Waals surface area (Å²) in [6, 6.07) is 6.12. The highest BCUT2D eigenvalue weighted by Crippen LogP contribution is 2.26. The van der Waals surface area contributed by atoms with Crippen LogP contribution in [-0.2, 0) is 6.42 Å². The fourth-order valence-corrected chi connectivity index (χ4v) is 3.33. The fraction of sp³-hybridized carbons (Fsp3) is 0.286. The third-order valence-electron chi connectivity index (χ3n) is 3.22. The van der Waals surface area contributed by atoms with Crippen LogP contribution in [0.3, 0.4) is 0 Å². The molecule has 3 rings (SSSR count). The van der Waals surface area contributed by atoms with Crippen LogP contribution in [0.25, 0.3) is 4.96 Å². The van der Waals surface area contributed by atoms with E-state index in [4.69, 9.17) is 11.6 Å². The van der Waals surface area contributed by atoms with Crippen LogP contribution >= 0.6 is 22.9 Å². The summed E-state index contributed by atoms with van der Waals surface area (Å²) >= 11 is 7.81. The number of halogens is 1. The molecule has 0 saturated heterocycles. The second-order valence-corrected chi connectivity index (χ2v) is 5.82. The van der Waals surface area contributed by atoms with E-state index in [1.54, 1.807) is 11.3 Å². The van der Waals surface area contributed by atoms with Crippen molar-refractivity contribution >= 4 is 27.9 Å². The average Bonchev–Trinajstić information content (AvgIpc) is 2.99. The number of aromatic nitrogens is 3. The number of hydrogen-bond acceptors (Lipinski definition) is 4. The number of pyridine rings is 1. The largest absolute Gasteiger partial charge is 0.308 e. The van der Waals surface area contributed by atoms with Crippen LogP contribution in [0.1, 0.15) is 24.4 Å². The molecule has 0 bridgehead atoms. The highest BCUT2D eigenvalue weighted by Gasteiger charge is 2.16. The lowest BCUT2D eigenvalue weighted by molar-refractivity contribution is 0.559. The van der Waals surface area contributed by atoms with Gasteiger partial charge < -0.3 is 5.32 Å². The summed E-state index contributed by atoms with van der Waals surface area (Å²) in [4.78, 5) is 9.60. The molecule has 1 N–H and O–H groups in total. The Kier molecular flexibility index (Phi) is 4.00. The van der Waals surface area contributed by atoms with Crippen LogP contribution in [0, 0.1) is 0 Å². The first-order valence-electron chi connectivity index (χ1n) is 6.50. The average molecular weight is 307 g/mol. The van der Waals surface area contributed by atoms with E-state index in [1.165, 1.54) is 0 Å². The Bertz CT molecular complexity index is 692. The molecule has 3 aromatic rings. The number of nitrogens with one attached hydrogen (secondary N) is 1. The standard InChI is InChI=1S/C14H15ClN4S/c1-10(16-7-5-11-4-2-3-6-17-11)12-13(15)18-14-19(12)8-9-20-14/h2-4,6,8-10,16H,5,7H2,1H3/t10-/m1/s1. The Morgan fingerprint density at radius 1 is 1.45 bits per heavy atom. The van der Waals surface area contributed by atoms with Gasteiger partial charge in [0, 0.05) is 42.5 Å². The van der Waals surface area contributed by atoms with Crippen molar-refractivity contribution in [1.82, 2.24) is 19.7 Å². The van der Waals surface area contributed by atoms with E-state index in [0.29, 0.717) is 5.15 Å². The van der Waals surface area contributed by atoms with Crippen molar-refractivity contribution in [3.05, 3.63) is 52.5 Å². The van der Waals surface area contributed by atoms with Crippen molar-refractivity contribution in [2.75, 3.05) is 6.54 Å². The van der Waals surface area contributed by atoms with E-state index >= 15 is 0 Å². The van der Waals surface area contributed by atoms with Crippen LogP contribution in [0.4, 0.5) is 0 Å². The van der Waals surface area contributed by atoms with Gasteiger partial charge in [0.15, 0.2) is 10.1 Å². The molecule has 0 unspecified atom stereocenters.